The molecule has 1 aromatic carbocycles. The maximum Gasteiger partial charge on any atom is 0.408 e. The predicted molar refractivity (Wildman–Crippen MR) is 64.3 cm³/mol. The van der Waals surface area contributed by atoms with Crippen molar-refractivity contribution in [1.29, 1.82) is 0 Å². The van der Waals surface area contributed by atoms with Crippen LogP contribution in [-0.4, -0.2) is 37.3 Å². The van der Waals surface area contributed by atoms with E-state index in [4.69, 9.17) is 0 Å². The molecule has 2 unspecified atom stereocenters. The quantitative estimate of drug-likeness (QED) is 0.896. The maximum atomic E-state index is 13.2. The molecule has 1 aromatic rings. The van der Waals surface area contributed by atoms with E-state index < -0.39 is 12.2 Å². The van der Waals surface area contributed by atoms with Crippen LogP contribution in [-0.2, 0) is 0 Å². The van der Waals surface area contributed by atoms with Gasteiger partial charge in [0.2, 0.25) is 0 Å². The lowest BCUT2D eigenvalue weighted by molar-refractivity contribution is -0.187. The molecule has 0 aromatic heterocycles. The second kappa shape index (κ2) is 5.28. The van der Waals surface area contributed by atoms with E-state index in [0.29, 0.717) is 12.1 Å². The normalized spacial score (nSPS) is 22.4. The van der Waals surface area contributed by atoms with Crippen LogP contribution in [0, 0.1) is 0 Å². The van der Waals surface area contributed by atoms with E-state index in [2.05, 4.69) is 5.32 Å². The van der Waals surface area contributed by atoms with Crippen molar-refractivity contribution in [3.05, 3.63) is 35.9 Å². The zero-order chi connectivity index (χ0) is 13.2. The monoisotopic (exact) mass is 258 g/mol. The van der Waals surface area contributed by atoms with E-state index in [1.165, 1.54) is 17.0 Å². The van der Waals surface area contributed by atoms with E-state index in [9.17, 15) is 13.2 Å². The second-order valence-electron chi connectivity index (χ2n) is 4.67. The Balaban J connectivity index is 2.25. The van der Waals surface area contributed by atoms with Crippen molar-refractivity contribution >= 4 is 0 Å². The molecule has 2 nitrogen and oxygen atoms in total. The first-order valence-corrected chi connectivity index (χ1v) is 6.04. The van der Waals surface area contributed by atoms with Crippen LogP contribution in [0.25, 0.3) is 0 Å². The first-order valence-electron chi connectivity index (χ1n) is 6.04. The van der Waals surface area contributed by atoms with E-state index in [-0.39, 0.29) is 6.04 Å². The summed E-state index contributed by atoms with van der Waals surface area (Å²) in [5, 5.41) is 3.10. The van der Waals surface area contributed by atoms with Gasteiger partial charge in [-0.15, -0.1) is 0 Å². The van der Waals surface area contributed by atoms with Gasteiger partial charge in [0.1, 0.15) is 6.04 Å². The molecule has 1 aliphatic rings. The molecule has 0 bridgehead atoms. The lowest BCUT2D eigenvalue weighted by Gasteiger charge is -2.34. The van der Waals surface area contributed by atoms with Crippen LogP contribution in [0.15, 0.2) is 30.3 Å². The molecule has 0 spiro atoms. The number of hydrogen-bond acceptors (Lipinski definition) is 2. The smallest absolute Gasteiger partial charge is 0.315 e. The van der Waals surface area contributed by atoms with Gasteiger partial charge in [-0.1, -0.05) is 30.3 Å². The molecular formula is C13H17F3N2. The lowest BCUT2D eigenvalue weighted by atomic mass is 10.0. The van der Waals surface area contributed by atoms with Gasteiger partial charge in [0.05, 0.1) is 0 Å². The van der Waals surface area contributed by atoms with E-state index in [1.807, 2.05) is 0 Å². The van der Waals surface area contributed by atoms with Crippen molar-refractivity contribution in [2.75, 3.05) is 20.1 Å². The first kappa shape index (κ1) is 13.4. The van der Waals surface area contributed by atoms with Gasteiger partial charge in [-0.25, -0.2) is 0 Å². The third-order valence-electron chi connectivity index (χ3n) is 3.44. The summed E-state index contributed by atoms with van der Waals surface area (Å²) in [6.07, 6.45) is -3.49. The first-order chi connectivity index (χ1) is 8.50. The minimum atomic E-state index is -4.25. The van der Waals surface area contributed by atoms with Crippen LogP contribution >= 0.6 is 0 Å². The van der Waals surface area contributed by atoms with Crippen molar-refractivity contribution in [3.63, 3.8) is 0 Å². The van der Waals surface area contributed by atoms with Gasteiger partial charge in [0.15, 0.2) is 0 Å². The largest absolute Gasteiger partial charge is 0.408 e. The standard InChI is InChI=1S/C13H17F3N2/c1-18(11-7-8-17-9-11)12(13(14,15)16)10-5-3-2-4-6-10/h2-6,11-12,17H,7-9H2,1H3. The highest BCUT2D eigenvalue weighted by Gasteiger charge is 2.45. The number of likely N-dealkylation sites (N-methyl/N-ethyl adjacent to an activating group) is 1. The summed E-state index contributed by atoms with van der Waals surface area (Å²) in [5.74, 6) is 0. The second-order valence-corrected chi connectivity index (χ2v) is 4.67. The Morgan fingerprint density at radius 3 is 2.44 bits per heavy atom. The summed E-state index contributed by atoms with van der Waals surface area (Å²) in [5.41, 5.74) is 0.305. The molecule has 1 aliphatic heterocycles. The fraction of sp³-hybridized carbons (Fsp3) is 0.538. The van der Waals surface area contributed by atoms with E-state index in [0.717, 1.165) is 13.0 Å². The highest BCUT2D eigenvalue weighted by molar-refractivity contribution is 5.20. The van der Waals surface area contributed by atoms with Gasteiger partial charge < -0.3 is 5.32 Å². The molecule has 1 saturated heterocycles. The predicted octanol–water partition coefficient (Wildman–Crippen LogP) is 2.58. The Kier molecular flexibility index (Phi) is 3.92. The van der Waals surface area contributed by atoms with Crippen molar-refractivity contribution in [3.8, 4) is 0 Å². The van der Waals surface area contributed by atoms with Crippen molar-refractivity contribution < 1.29 is 13.2 Å². The van der Waals surface area contributed by atoms with Crippen molar-refractivity contribution in [2.24, 2.45) is 0 Å². The summed E-state index contributed by atoms with van der Waals surface area (Å²) in [7, 11) is 1.56. The molecule has 1 fully saturated rings. The molecule has 0 amide bonds. The number of alkyl halides is 3. The minimum Gasteiger partial charge on any atom is -0.315 e. The molecule has 5 heteroatoms. The molecular weight excluding hydrogens is 241 g/mol. The van der Waals surface area contributed by atoms with E-state index in [1.54, 1.807) is 25.2 Å². The van der Waals surface area contributed by atoms with Gasteiger partial charge in [-0.3, -0.25) is 4.90 Å². The average molecular weight is 258 g/mol. The fourth-order valence-electron chi connectivity index (χ4n) is 2.49. The molecule has 0 aliphatic carbocycles. The fourth-order valence-corrected chi connectivity index (χ4v) is 2.49. The molecule has 100 valence electrons. The van der Waals surface area contributed by atoms with Crippen LogP contribution in [0.2, 0.25) is 0 Å². The van der Waals surface area contributed by atoms with Gasteiger partial charge in [0, 0.05) is 12.6 Å². The summed E-state index contributed by atoms with van der Waals surface area (Å²) in [6, 6.07) is 6.52. The van der Waals surface area contributed by atoms with Crippen LogP contribution in [0.3, 0.4) is 0 Å². The number of hydrogen-bond donors (Lipinski definition) is 1. The summed E-state index contributed by atoms with van der Waals surface area (Å²) >= 11 is 0. The average Bonchev–Trinajstić information content (AvgIpc) is 2.82. The number of rotatable bonds is 3. The molecule has 1 heterocycles. The van der Waals surface area contributed by atoms with Crippen LogP contribution in [0.4, 0.5) is 13.2 Å². The highest BCUT2D eigenvalue weighted by atomic mass is 19.4. The molecule has 1 N–H and O–H groups in total. The van der Waals surface area contributed by atoms with E-state index >= 15 is 0 Å². The highest BCUT2D eigenvalue weighted by Crippen LogP contribution is 2.38. The molecule has 0 saturated carbocycles. The van der Waals surface area contributed by atoms with Crippen LogP contribution in [0.1, 0.15) is 18.0 Å². The van der Waals surface area contributed by atoms with Gasteiger partial charge >= 0.3 is 6.18 Å². The number of nitrogens with one attached hydrogen (secondary N) is 1. The molecule has 2 rings (SSSR count). The summed E-state index contributed by atoms with van der Waals surface area (Å²) in [6.45, 7) is 1.41. The SMILES string of the molecule is CN(C1CCNC1)C(c1ccccc1)C(F)(F)F. The number of nitrogens with zero attached hydrogens (tertiary/aromatic N) is 1. The Morgan fingerprint density at radius 2 is 1.94 bits per heavy atom. The number of benzene rings is 1. The third-order valence-corrected chi connectivity index (χ3v) is 3.44. The topological polar surface area (TPSA) is 15.3 Å². The van der Waals surface area contributed by atoms with Gasteiger partial charge in [-0.2, -0.15) is 13.2 Å². The third kappa shape index (κ3) is 2.84. The zero-order valence-corrected chi connectivity index (χ0v) is 10.2. The molecule has 2 atom stereocenters. The number of halogens is 3. The molecule has 18 heavy (non-hydrogen) atoms. The summed E-state index contributed by atoms with van der Waals surface area (Å²) < 4.78 is 39.7. The zero-order valence-electron chi connectivity index (χ0n) is 10.2. The van der Waals surface area contributed by atoms with Crippen molar-refractivity contribution in [1.82, 2.24) is 10.2 Å². The van der Waals surface area contributed by atoms with Gasteiger partial charge in [-0.05, 0) is 25.6 Å². The Morgan fingerprint density at radius 1 is 1.28 bits per heavy atom. The lowest BCUT2D eigenvalue weighted by Crippen LogP contribution is -2.43. The summed E-state index contributed by atoms with van der Waals surface area (Å²) in [4.78, 5) is 1.44. The Labute approximate surface area is 105 Å². The minimum absolute atomic E-state index is 0.0585. The van der Waals surface area contributed by atoms with Crippen LogP contribution < -0.4 is 5.32 Å². The maximum absolute atomic E-state index is 13.2. The van der Waals surface area contributed by atoms with Gasteiger partial charge in [0.25, 0.3) is 0 Å². The van der Waals surface area contributed by atoms with Crippen molar-refractivity contribution in [2.45, 2.75) is 24.7 Å². The molecule has 0 radical (unpaired) electrons. The Bertz CT molecular complexity index is 372. The van der Waals surface area contributed by atoms with Crippen LogP contribution in [0.5, 0.6) is 0 Å². The Hall–Kier alpha value is -1.07.